The van der Waals surface area contributed by atoms with Gasteiger partial charge in [-0.25, -0.2) is 4.98 Å². The van der Waals surface area contributed by atoms with Crippen molar-refractivity contribution in [2.75, 3.05) is 0 Å². The Morgan fingerprint density at radius 3 is 2.75 bits per heavy atom. The van der Waals surface area contributed by atoms with E-state index in [2.05, 4.69) is 35.4 Å². The SMILES string of the molecule is CC(CCc1ccccc1)NC(=O)Cc1csc(-c2cccs2)n1. The maximum absolute atomic E-state index is 12.2. The topological polar surface area (TPSA) is 42.0 Å². The monoisotopic (exact) mass is 356 g/mol. The van der Waals surface area contributed by atoms with Gasteiger partial charge in [0.25, 0.3) is 0 Å². The van der Waals surface area contributed by atoms with Crippen LogP contribution in [-0.4, -0.2) is 16.9 Å². The van der Waals surface area contributed by atoms with E-state index in [1.807, 2.05) is 35.0 Å². The zero-order chi connectivity index (χ0) is 16.8. The number of benzene rings is 1. The van der Waals surface area contributed by atoms with Crippen molar-refractivity contribution in [1.82, 2.24) is 10.3 Å². The van der Waals surface area contributed by atoms with Crippen molar-refractivity contribution >= 4 is 28.6 Å². The number of rotatable bonds is 7. The molecule has 1 N–H and O–H groups in total. The second kappa shape index (κ2) is 8.22. The van der Waals surface area contributed by atoms with E-state index in [0.717, 1.165) is 28.4 Å². The fraction of sp³-hybridized carbons (Fsp3) is 0.263. The van der Waals surface area contributed by atoms with Crippen LogP contribution in [0.5, 0.6) is 0 Å². The molecule has 1 atom stereocenters. The van der Waals surface area contributed by atoms with Gasteiger partial charge in [-0.3, -0.25) is 4.79 Å². The molecule has 3 rings (SSSR count). The highest BCUT2D eigenvalue weighted by atomic mass is 32.1. The third-order valence-electron chi connectivity index (χ3n) is 3.74. The molecule has 0 saturated carbocycles. The molecule has 124 valence electrons. The minimum atomic E-state index is 0.0404. The number of nitrogens with zero attached hydrogens (tertiary/aromatic N) is 1. The van der Waals surface area contributed by atoms with E-state index in [1.54, 1.807) is 22.7 Å². The van der Waals surface area contributed by atoms with Crippen molar-refractivity contribution in [3.05, 3.63) is 64.5 Å². The summed E-state index contributed by atoms with van der Waals surface area (Å²) in [6.45, 7) is 2.05. The predicted octanol–water partition coefficient (Wildman–Crippen LogP) is 4.55. The minimum Gasteiger partial charge on any atom is -0.353 e. The van der Waals surface area contributed by atoms with Gasteiger partial charge in [-0.1, -0.05) is 36.4 Å². The van der Waals surface area contributed by atoms with E-state index < -0.39 is 0 Å². The van der Waals surface area contributed by atoms with Gasteiger partial charge in [-0.15, -0.1) is 22.7 Å². The number of carbonyl (C=O) groups is 1. The fourth-order valence-corrected chi connectivity index (χ4v) is 4.13. The van der Waals surface area contributed by atoms with E-state index in [-0.39, 0.29) is 11.9 Å². The Kier molecular flexibility index (Phi) is 5.77. The summed E-state index contributed by atoms with van der Waals surface area (Å²) in [6, 6.07) is 14.6. The van der Waals surface area contributed by atoms with Crippen molar-refractivity contribution in [3.8, 4) is 9.88 Å². The number of hydrogen-bond acceptors (Lipinski definition) is 4. The number of thiophene rings is 1. The molecule has 0 aliphatic rings. The molecule has 2 aromatic heterocycles. The molecule has 3 aromatic rings. The molecule has 0 fully saturated rings. The first-order chi connectivity index (χ1) is 11.7. The highest BCUT2D eigenvalue weighted by Gasteiger charge is 2.12. The van der Waals surface area contributed by atoms with Crippen LogP contribution in [0, 0.1) is 0 Å². The smallest absolute Gasteiger partial charge is 0.226 e. The highest BCUT2D eigenvalue weighted by Crippen LogP contribution is 2.27. The molecular weight excluding hydrogens is 336 g/mol. The molecule has 2 heterocycles. The van der Waals surface area contributed by atoms with Gasteiger partial charge in [-0.05, 0) is 36.8 Å². The molecular formula is C19H20N2OS2. The summed E-state index contributed by atoms with van der Waals surface area (Å²) in [4.78, 5) is 17.9. The number of carbonyl (C=O) groups excluding carboxylic acids is 1. The molecule has 24 heavy (non-hydrogen) atoms. The quantitative estimate of drug-likeness (QED) is 0.675. The summed E-state index contributed by atoms with van der Waals surface area (Å²) < 4.78 is 0. The third kappa shape index (κ3) is 4.76. The van der Waals surface area contributed by atoms with Crippen LogP contribution < -0.4 is 5.32 Å². The first-order valence-electron chi connectivity index (χ1n) is 8.02. The van der Waals surface area contributed by atoms with Gasteiger partial charge < -0.3 is 5.32 Å². The molecule has 1 unspecified atom stereocenters. The second-order valence-electron chi connectivity index (χ2n) is 5.79. The summed E-state index contributed by atoms with van der Waals surface area (Å²) >= 11 is 3.27. The van der Waals surface area contributed by atoms with Gasteiger partial charge in [0, 0.05) is 11.4 Å². The Labute approximate surface area is 150 Å². The number of aryl methyl sites for hydroxylation is 1. The largest absolute Gasteiger partial charge is 0.353 e. The molecule has 0 bridgehead atoms. The summed E-state index contributed by atoms with van der Waals surface area (Å²) in [5, 5.41) is 8.08. The van der Waals surface area contributed by atoms with Crippen molar-refractivity contribution in [2.45, 2.75) is 32.2 Å². The number of amides is 1. The van der Waals surface area contributed by atoms with Crippen LogP contribution >= 0.6 is 22.7 Å². The zero-order valence-corrected chi connectivity index (χ0v) is 15.2. The molecule has 1 amide bonds. The van der Waals surface area contributed by atoms with Crippen LogP contribution in [0.25, 0.3) is 9.88 Å². The standard InChI is InChI=1S/C19H20N2OS2/c1-14(9-10-15-6-3-2-4-7-15)20-18(22)12-16-13-24-19(21-16)17-8-5-11-23-17/h2-8,11,13-14H,9-10,12H2,1H3,(H,20,22). The fourth-order valence-electron chi connectivity index (χ4n) is 2.49. The van der Waals surface area contributed by atoms with E-state index in [9.17, 15) is 4.79 Å². The normalized spacial score (nSPS) is 12.0. The molecule has 0 saturated heterocycles. The predicted molar refractivity (Wildman–Crippen MR) is 101 cm³/mol. The zero-order valence-electron chi connectivity index (χ0n) is 13.6. The van der Waals surface area contributed by atoms with Crippen LogP contribution in [0.4, 0.5) is 0 Å². The van der Waals surface area contributed by atoms with Crippen molar-refractivity contribution in [1.29, 1.82) is 0 Å². The molecule has 5 heteroatoms. The Morgan fingerprint density at radius 1 is 1.17 bits per heavy atom. The Morgan fingerprint density at radius 2 is 2.00 bits per heavy atom. The first kappa shape index (κ1) is 16.9. The highest BCUT2D eigenvalue weighted by molar-refractivity contribution is 7.20. The number of thiazole rings is 1. The molecule has 3 nitrogen and oxygen atoms in total. The van der Waals surface area contributed by atoms with Crippen molar-refractivity contribution < 1.29 is 4.79 Å². The maximum Gasteiger partial charge on any atom is 0.226 e. The maximum atomic E-state index is 12.2. The Bertz CT molecular complexity index is 766. The third-order valence-corrected chi connectivity index (χ3v) is 5.67. The number of nitrogens with one attached hydrogen (secondary N) is 1. The average Bonchev–Trinajstić information content (AvgIpc) is 3.25. The van der Waals surface area contributed by atoms with Gasteiger partial charge in [0.15, 0.2) is 0 Å². The van der Waals surface area contributed by atoms with Crippen molar-refractivity contribution in [3.63, 3.8) is 0 Å². The Balaban J connectivity index is 1.47. The lowest BCUT2D eigenvalue weighted by Gasteiger charge is -2.13. The van der Waals surface area contributed by atoms with Gasteiger partial charge in [0.1, 0.15) is 5.01 Å². The summed E-state index contributed by atoms with van der Waals surface area (Å²) in [7, 11) is 0. The lowest BCUT2D eigenvalue weighted by atomic mass is 10.1. The van der Waals surface area contributed by atoms with Crippen LogP contribution in [-0.2, 0) is 17.6 Å². The van der Waals surface area contributed by atoms with Crippen LogP contribution in [0.3, 0.4) is 0 Å². The van der Waals surface area contributed by atoms with E-state index >= 15 is 0 Å². The van der Waals surface area contributed by atoms with Crippen LogP contribution in [0.15, 0.2) is 53.2 Å². The van der Waals surface area contributed by atoms with Crippen molar-refractivity contribution in [2.24, 2.45) is 0 Å². The average molecular weight is 357 g/mol. The minimum absolute atomic E-state index is 0.0404. The molecule has 0 aliphatic carbocycles. The summed E-state index contributed by atoms with van der Waals surface area (Å²) in [6.07, 6.45) is 2.26. The van der Waals surface area contributed by atoms with E-state index in [0.29, 0.717) is 6.42 Å². The van der Waals surface area contributed by atoms with Crippen LogP contribution in [0.1, 0.15) is 24.6 Å². The van der Waals surface area contributed by atoms with Crippen LogP contribution in [0.2, 0.25) is 0 Å². The van der Waals surface area contributed by atoms with Gasteiger partial charge in [0.2, 0.25) is 5.91 Å². The lowest BCUT2D eigenvalue weighted by Crippen LogP contribution is -2.34. The number of aromatic nitrogens is 1. The molecule has 0 aliphatic heterocycles. The summed E-state index contributed by atoms with van der Waals surface area (Å²) in [5.74, 6) is 0.0404. The Hall–Kier alpha value is -1.98. The molecule has 0 spiro atoms. The van der Waals surface area contributed by atoms with Gasteiger partial charge in [0.05, 0.1) is 17.0 Å². The van der Waals surface area contributed by atoms with Gasteiger partial charge >= 0.3 is 0 Å². The first-order valence-corrected chi connectivity index (χ1v) is 9.78. The van der Waals surface area contributed by atoms with E-state index in [4.69, 9.17) is 0 Å². The molecule has 1 aromatic carbocycles. The second-order valence-corrected chi connectivity index (χ2v) is 7.60. The summed E-state index contributed by atoms with van der Waals surface area (Å²) in [5.41, 5.74) is 2.15. The molecule has 0 radical (unpaired) electrons. The van der Waals surface area contributed by atoms with Gasteiger partial charge in [-0.2, -0.15) is 0 Å². The van der Waals surface area contributed by atoms with E-state index in [1.165, 1.54) is 5.56 Å². The number of hydrogen-bond donors (Lipinski definition) is 1. The lowest BCUT2D eigenvalue weighted by molar-refractivity contribution is -0.121.